The Morgan fingerprint density at radius 2 is 2.11 bits per heavy atom. The lowest BCUT2D eigenvalue weighted by atomic mass is 10.0. The molecule has 0 heterocycles. The van der Waals surface area contributed by atoms with Crippen molar-refractivity contribution in [2.75, 3.05) is 13.7 Å². The summed E-state index contributed by atoms with van der Waals surface area (Å²) in [6.45, 7) is 7.64. The molecule has 1 unspecified atom stereocenters. The smallest absolute Gasteiger partial charge is 0.126 e. The Bertz CT molecular complexity index is 435. The zero-order valence-corrected chi connectivity index (χ0v) is 11.7. The van der Waals surface area contributed by atoms with Crippen LogP contribution in [-0.2, 0) is 6.54 Å². The summed E-state index contributed by atoms with van der Waals surface area (Å²) >= 11 is 0. The molecule has 0 radical (unpaired) electrons. The highest BCUT2D eigenvalue weighted by Crippen LogP contribution is 2.24. The van der Waals surface area contributed by atoms with Gasteiger partial charge in [-0.25, -0.2) is 0 Å². The van der Waals surface area contributed by atoms with Crippen LogP contribution in [0.4, 0.5) is 0 Å². The van der Waals surface area contributed by atoms with Crippen LogP contribution in [0.25, 0.3) is 0 Å². The third-order valence-electron chi connectivity index (χ3n) is 3.08. The van der Waals surface area contributed by atoms with E-state index in [0.29, 0.717) is 0 Å². The maximum absolute atomic E-state index is 8.90. The van der Waals surface area contributed by atoms with Crippen molar-refractivity contribution in [1.82, 2.24) is 5.32 Å². The molecule has 0 aliphatic carbocycles. The van der Waals surface area contributed by atoms with Gasteiger partial charge in [0.15, 0.2) is 0 Å². The van der Waals surface area contributed by atoms with Crippen molar-refractivity contribution in [3.63, 3.8) is 0 Å². The highest BCUT2D eigenvalue weighted by molar-refractivity contribution is 5.43. The van der Waals surface area contributed by atoms with Gasteiger partial charge in [0.1, 0.15) is 5.75 Å². The van der Waals surface area contributed by atoms with Gasteiger partial charge in [0.05, 0.1) is 19.1 Å². The molecule has 0 spiro atoms. The Morgan fingerprint density at radius 3 is 2.67 bits per heavy atom. The summed E-state index contributed by atoms with van der Waals surface area (Å²) in [4.78, 5) is 0. The molecule has 0 aliphatic rings. The fourth-order valence-corrected chi connectivity index (χ4v) is 2.13. The number of ether oxygens (including phenoxy) is 1. The van der Waals surface area contributed by atoms with E-state index in [4.69, 9.17) is 10.00 Å². The summed E-state index contributed by atoms with van der Waals surface area (Å²) in [7, 11) is 1.70. The normalized spacial score (nSPS) is 11.9. The Hall–Kier alpha value is -1.53. The molecule has 98 valence electrons. The second-order valence-corrected chi connectivity index (χ2v) is 4.64. The first-order chi connectivity index (χ1) is 8.62. The number of rotatable bonds is 6. The summed E-state index contributed by atoms with van der Waals surface area (Å²) < 4.78 is 5.44. The van der Waals surface area contributed by atoms with Crippen molar-refractivity contribution in [3.05, 3.63) is 28.8 Å². The Morgan fingerprint density at radius 1 is 1.39 bits per heavy atom. The van der Waals surface area contributed by atoms with E-state index in [1.807, 2.05) is 6.92 Å². The quantitative estimate of drug-likeness (QED) is 0.839. The highest BCUT2D eigenvalue weighted by Gasteiger charge is 2.08. The molecule has 1 N–H and O–H groups in total. The Balaban J connectivity index is 2.70. The van der Waals surface area contributed by atoms with Gasteiger partial charge in [-0.2, -0.15) is 5.26 Å². The molecule has 3 heteroatoms. The average Bonchev–Trinajstić information content (AvgIpc) is 2.34. The number of nitrogens with one attached hydrogen (secondary N) is 1. The summed E-state index contributed by atoms with van der Waals surface area (Å²) in [6.07, 6.45) is 0.882. The van der Waals surface area contributed by atoms with Gasteiger partial charge in [0.2, 0.25) is 0 Å². The minimum absolute atomic E-state index is 0.0851. The molecule has 1 atom stereocenters. The van der Waals surface area contributed by atoms with Crippen LogP contribution < -0.4 is 10.1 Å². The summed E-state index contributed by atoms with van der Waals surface area (Å²) in [5.41, 5.74) is 3.54. The van der Waals surface area contributed by atoms with E-state index in [1.165, 1.54) is 5.56 Å². The lowest BCUT2D eigenvalue weighted by molar-refractivity contribution is 0.403. The number of hydrogen-bond donors (Lipinski definition) is 1. The SMILES string of the molecule is CCC(C#N)CNCc1cc(C)cc(C)c1OC. The predicted octanol–water partition coefficient (Wildman–Crippen LogP) is 2.95. The van der Waals surface area contributed by atoms with Gasteiger partial charge < -0.3 is 10.1 Å². The molecule has 0 bridgehead atoms. The van der Waals surface area contributed by atoms with E-state index in [-0.39, 0.29) is 5.92 Å². The first-order valence-corrected chi connectivity index (χ1v) is 6.36. The van der Waals surface area contributed by atoms with Gasteiger partial charge in [0, 0.05) is 18.7 Å². The summed E-state index contributed by atoms with van der Waals surface area (Å²) in [6, 6.07) is 6.54. The fourth-order valence-electron chi connectivity index (χ4n) is 2.13. The summed E-state index contributed by atoms with van der Waals surface area (Å²) in [5.74, 6) is 1.03. The van der Waals surface area contributed by atoms with E-state index >= 15 is 0 Å². The molecule has 1 aromatic carbocycles. The minimum atomic E-state index is 0.0851. The van der Waals surface area contributed by atoms with Crippen molar-refractivity contribution in [1.29, 1.82) is 5.26 Å². The van der Waals surface area contributed by atoms with Crippen LogP contribution in [0.2, 0.25) is 0 Å². The summed E-state index contributed by atoms with van der Waals surface area (Å²) in [5, 5.41) is 12.2. The van der Waals surface area contributed by atoms with Crippen molar-refractivity contribution >= 4 is 0 Å². The zero-order chi connectivity index (χ0) is 13.5. The predicted molar refractivity (Wildman–Crippen MR) is 73.6 cm³/mol. The number of nitrogens with zero attached hydrogens (tertiary/aromatic N) is 1. The van der Waals surface area contributed by atoms with Crippen LogP contribution in [0, 0.1) is 31.1 Å². The third kappa shape index (κ3) is 3.75. The lowest BCUT2D eigenvalue weighted by Crippen LogP contribution is -2.21. The molecule has 0 amide bonds. The fraction of sp³-hybridized carbons (Fsp3) is 0.533. The van der Waals surface area contributed by atoms with Crippen LogP contribution in [0.3, 0.4) is 0 Å². The number of hydrogen-bond acceptors (Lipinski definition) is 3. The number of benzene rings is 1. The number of aryl methyl sites for hydroxylation is 2. The van der Waals surface area contributed by atoms with E-state index in [1.54, 1.807) is 7.11 Å². The van der Waals surface area contributed by atoms with Gasteiger partial charge in [-0.05, 0) is 25.8 Å². The maximum Gasteiger partial charge on any atom is 0.126 e. The molecule has 1 aromatic rings. The lowest BCUT2D eigenvalue weighted by Gasteiger charge is -2.14. The molecule has 0 fully saturated rings. The average molecular weight is 246 g/mol. The van der Waals surface area contributed by atoms with Crippen LogP contribution >= 0.6 is 0 Å². The van der Waals surface area contributed by atoms with Gasteiger partial charge in [-0.15, -0.1) is 0 Å². The molecule has 3 nitrogen and oxygen atoms in total. The second-order valence-electron chi connectivity index (χ2n) is 4.64. The van der Waals surface area contributed by atoms with Crippen molar-refractivity contribution in [2.45, 2.75) is 33.7 Å². The molecule has 18 heavy (non-hydrogen) atoms. The largest absolute Gasteiger partial charge is 0.496 e. The number of methoxy groups -OCH3 is 1. The van der Waals surface area contributed by atoms with Crippen LogP contribution in [0.5, 0.6) is 5.75 Å². The molecule has 0 aromatic heterocycles. The van der Waals surface area contributed by atoms with E-state index in [9.17, 15) is 0 Å². The molecule has 0 aliphatic heterocycles. The highest BCUT2D eigenvalue weighted by atomic mass is 16.5. The van der Waals surface area contributed by atoms with Crippen molar-refractivity contribution < 1.29 is 4.74 Å². The van der Waals surface area contributed by atoms with Crippen molar-refractivity contribution in [2.24, 2.45) is 5.92 Å². The molecule has 1 rings (SSSR count). The third-order valence-corrected chi connectivity index (χ3v) is 3.08. The molecular weight excluding hydrogens is 224 g/mol. The first kappa shape index (κ1) is 14.5. The first-order valence-electron chi connectivity index (χ1n) is 6.36. The Kier molecular flexibility index (Phi) is 5.67. The van der Waals surface area contributed by atoms with E-state index in [2.05, 4.69) is 37.4 Å². The van der Waals surface area contributed by atoms with E-state index in [0.717, 1.165) is 36.4 Å². The van der Waals surface area contributed by atoms with Gasteiger partial charge in [-0.1, -0.05) is 24.6 Å². The minimum Gasteiger partial charge on any atom is -0.496 e. The topological polar surface area (TPSA) is 45.0 Å². The molecule has 0 saturated carbocycles. The number of nitriles is 1. The van der Waals surface area contributed by atoms with Crippen LogP contribution in [0.15, 0.2) is 12.1 Å². The van der Waals surface area contributed by atoms with E-state index < -0.39 is 0 Å². The second kappa shape index (κ2) is 7.03. The van der Waals surface area contributed by atoms with Gasteiger partial charge in [0.25, 0.3) is 0 Å². The van der Waals surface area contributed by atoms with Crippen molar-refractivity contribution in [3.8, 4) is 11.8 Å². The standard InChI is InChI=1S/C15H22N2O/c1-5-13(8-16)9-17-10-14-7-11(2)6-12(3)15(14)18-4/h6-7,13,17H,5,9-10H2,1-4H3. The zero-order valence-electron chi connectivity index (χ0n) is 11.7. The van der Waals surface area contributed by atoms with Gasteiger partial charge in [-0.3, -0.25) is 0 Å². The Labute approximate surface area is 110 Å². The monoisotopic (exact) mass is 246 g/mol. The molecule has 0 saturated heterocycles. The maximum atomic E-state index is 8.90. The van der Waals surface area contributed by atoms with Crippen LogP contribution in [0.1, 0.15) is 30.0 Å². The van der Waals surface area contributed by atoms with Crippen LogP contribution in [-0.4, -0.2) is 13.7 Å². The van der Waals surface area contributed by atoms with Gasteiger partial charge >= 0.3 is 0 Å². The molecular formula is C15H22N2O.